The highest BCUT2D eigenvalue weighted by atomic mass is 15.1. The number of hydrogen-bond acceptors (Lipinski definition) is 2. The van der Waals surface area contributed by atoms with Gasteiger partial charge in [0, 0.05) is 12.7 Å². The van der Waals surface area contributed by atoms with Crippen molar-refractivity contribution in [3.8, 4) is 5.92 Å². The Bertz CT molecular complexity index is 517. The van der Waals surface area contributed by atoms with Crippen molar-refractivity contribution in [2.24, 2.45) is 0 Å². The molecule has 0 unspecified atom stereocenters. The minimum atomic E-state index is 0.620. The van der Waals surface area contributed by atoms with E-state index in [1.54, 1.807) is 0 Å². The molecule has 0 aliphatic carbocycles. The molecule has 0 fully saturated rings. The first-order valence-electron chi connectivity index (χ1n) is 4.76. The van der Waals surface area contributed by atoms with Crippen LogP contribution in [-0.4, -0.2) is 28.4 Å². The van der Waals surface area contributed by atoms with Gasteiger partial charge in [0.2, 0.25) is 0 Å². The number of pyridine rings is 1. The van der Waals surface area contributed by atoms with Gasteiger partial charge in [-0.15, -0.1) is 0 Å². The fourth-order valence-electron chi connectivity index (χ4n) is 1.60. The van der Waals surface area contributed by atoms with Crippen LogP contribution in [0.3, 0.4) is 0 Å². The fraction of sp³-hybridized carbons (Fsp3) is 0.250. The zero-order chi connectivity index (χ0) is 10.8. The van der Waals surface area contributed by atoms with Crippen LogP contribution in [0.25, 0.3) is 5.65 Å². The molecule has 0 saturated carbocycles. The van der Waals surface area contributed by atoms with E-state index in [4.69, 9.17) is 6.42 Å². The van der Waals surface area contributed by atoms with Gasteiger partial charge in [-0.1, -0.05) is 6.07 Å². The van der Waals surface area contributed by atoms with Crippen molar-refractivity contribution in [2.75, 3.05) is 14.1 Å². The summed E-state index contributed by atoms with van der Waals surface area (Å²) in [6.45, 7) is 0.756. The van der Waals surface area contributed by atoms with Gasteiger partial charge >= 0.3 is 0 Å². The van der Waals surface area contributed by atoms with Crippen LogP contribution in [0.15, 0.2) is 24.4 Å². The predicted octanol–water partition coefficient (Wildman–Crippen LogP) is 1.33. The highest BCUT2D eigenvalue weighted by molar-refractivity contribution is 5.47. The Balaban J connectivity index is 2.63. The highest BCUT2D eigenvalue weighted by Gasteiger charge is 2.10. The van der Waals surface area contributed by atoms with Crippen LogP contribution in [-0.2, 0) is 6.54 Å². The van der Waals surface area contributed by atoms with E-state index in [1.807, 2.05) is 42.9 Å². The molecule has 75 valence electrons. The molecule has 2 rings (SSSR count). The van der Waals surface area contributed by atoms with E-state index >= 15 is 0 Å². The average Bonchev–Trinajstić information content (AvgIpc) is 2.56. The summed E-state index contributed by atoms with van der Waals surface area (Å²) in [6.07, 6.45) is 9.18. The molecule has 0 N–H and O–H groups in total. The van der Waals surface area contributed by atoms with Crippen molar-refractivity contribution in [3.63, 3.8) is 0 Å². The molecule has 0 atom stereocenters. The predicted molar refractivity (Wildman–Crippen MR) is 58.8 cm³/mol. The molecule has 3 heteroatoms. The van der Waals surface area contributed by atoms with Gasteiger partial charge < -0.3 is 9.30 Å². The maximum absolute atomic E-state index is 7.22. The molecule has 0 aromatic carbocycles. The van der Waals surface area contributed by atoms with Gasteiger partial charge in [-0.05, 0) is 38.6 Å². The van der Waals surface area contributed by atoms with Crippen LogP contribution in [0.5, 0.6) is 0 Å². The third-order valence-electron chi connectivity index (χ3n) is 2.21. The van der Waals surface area contributed by atoms with Gasteiger partial charge in [0.05, 0.1) is 5.69 Å². The molecular formula is C12H12N3. The Morgan fingerprint density at radius 2 is 2.27 bits per heavy atom. The summed E-state index contributed by atoms with van der Waals surface area (Å²) in [5.41, 5.74) is 2.49. The van der Waals surface area contributed by atoms with Gasteiger partial charge in [0.1, 0.15) is 11.3 Å². The van der Waals surface area contributed by atoms with Gasteiger partial charge in [-0.2, -0.15) is 0 Å². The van der Waals surface area contributed by atoms with E-state index in [9.17, 15) is 0 Å². The van der Waals surface area contributed by atoms with Gasteiger partial charge in [0.25, 0.3) is 0 Å². The number of nitrogens with zero attached hydrogens (tertiary/aromatic N) is 3. The molecule has 0 bridgehead atoms. The Kier molecular flexibility index (Phi) is 2.44. The SMILES string of the molecule is [C]#Cc1nc2ccccn2c1CN(C)C. The molecule has 2 heterocycles. The van der Waals surface area contributed by atoms with Crippen molar-refractivity contribution in [3.05, 3.63) is 42.2 Å². The quantitative estimate of drug-likeness (QED) is 0.679. The van der Waals surface area contributed by atoms with Crippen LogP contribution in [0.1, 0.15) is 11.4 Å². The van der Waals surface area contributed by atoms with Gasteiger partial charge in [0.15, 0.2) is 0 Å². The molecule has 2 aromatic rings. The lowest BCUT2D eigenvalue weighted by atomic mass is 10.3. The average molecular weight is 198 g/mol. The van der Waals surface area contributed by atoms with Gasteiger partial charge in [-0.25, -0.2) is 4.98 Å². The minimum absolute atomic E-state index is 0.620. The number of imidazole rings is 1. The minimum Gasteiger partial charge on any atom is -0.304 e. The maximum atomic E-state index is 7.22. The summed E-state index contributed by atoms with van der Waals surface area (Å²) in [6, 6.07) is 5.83. The van der Waals surface area contributed by atoms with Crippen LogP contribution >= 0.6 is 0 Å². The molecule has 0 spiro atoms. The standard InChI is InChI=1S/C12H12N3/c1-4-10-11(9-14(2)3)15-8-6-5-7-12(15)13-10/h5-8H,9H2,2-3H3. The third-order valence-corrected chi connectivity index (χ3v) is 2.21. The van der Waals surface area contributed by atoms with Gasteiger partial charge in [-0.3, -0.25) is 0 Å². The van der Waals surface area contributed by atoms with Crippen molar-refractivity contribution < 1.29 is 0 Å². The van der Waals surface area contributed by atoms with Crippen molar-refractivity contribution in [2.45, 2.75) is 6.54 Å². The zero-order valence-electron chi connectivity index (χ0n) is 8.86. The second kappa shape index (κ2) is 3.76. The monoisotopic (exact) mass is 198 g/mol. The topological polar surface area (TPSA) is 20.5 Å². The van der Waals surface area contributed by atoms with E-state index in [0.29, 0.717) is 5.69 Å². The number of rotatable bonds is 2. The van der Waals surface area contributed by atoms with Crippen LogP contribution in [0.4, 0.5) is 0 Å². The van der Waals surface area contributed by atoms with E-state index < -0.39 is 0 Å². The highest BCUT2D eigenvalue weighted by Crippen LogP contribution is 2.12. The lowest BCUT2D eigenvalue weighted by Gasteiger charge is -2.09. The second-order valence-corrected chi connectivity index (χ2v) is 3.70. The number of hydrogen-bond donors (Lipinski definition) is 0. The van der Waals surface area contributed by atoms with Crippen molar-refractivity contribution >= 4 is 5.65 Å². The molecule has 3 nitrogen and oxygen atoms in total. The van der Waals surface area contributed by atoms with E-state index in [0.717, 1.165) is 17.9 Å². The molecule has 2 aromatic heterocycles. The largest absolute Gasteiger partial charge is 0.304 e. The summed E-state index contributed by atoms with van der Waals surface area (Å²) in [7, 11) is 3.99. The molecule has 0 aliphatic heterocycles. The summed E-state index contributed by atoms with van der Waals surface area (Å²) >= 11 is 0. The van der Waals surface area contributed by atoms with Crippen molar-refractivity contribution in [1.29, 1.82) is 0 Å². The zero-order valence-corrected chi connectivity index (χ0v) is 8.86. The molecule has 1 radical (unpaired) electrons. The Morgan fingerprint density at radius 1 is 1.47 bits per heavy atom. The van der Waals surface area contributed by atoms with E-state index in [1.165, 1.54) is 0 Å². The van der Waals surface area contributed by atoms with Crippen LogP contribution in [0, 0.1) is 12.3 Å². The first kappa shape index (κ1) is 9.75. The summed E-state index contributed by atoms with van der Waals surface area (Å²) in [4.78, 5) is 6.37. The van der Waals surface area contributed by atoms with E-state index in [-0.39, 0.29) is 0 Å². The first-order valence-corrected chi connectivity index (χ1v) is 4.76. The normalized spacial score (nSPS) is 10.8. The molecule has 15 heavy (non-hydrogen) atoms. The smallest absolute Gasteiger partial charge is 0.138 e. The fourth-order valence-corrected chi connectivity index (χ4v) is 1.60. The Hall–Kier alpha value is -1.79. The second-order valence-electron chi connectivity index (χ2n) is 3.70. The Labute approximate surface area is 89.4 Å². The maximum Gasteiger partial charge on any atom is 0.138 e. The van der Waals surface area contributed by atoms with Crippen LogP contribution < -0.4 is 0 Å². The lowest BCUT2D eigenvalue weighted by molar-refractivity contribution is 0.395. The molecule has 0 aliphatic rings. The molecule has 0 amide bonds. The lowest BCUT2D eigenvalue weighted by Crippen LogP contribution is -2.13. The third kappa shape index (κ3) is 1.72. The first-order chi connectivity index (χ1) is 7.22. The summed E-state index contributed by atoms with van der Waals surface area (Å²) < 4.78 is 2.00. The number of fused-ring (bicyclic) bond motifs is 1. The Morgan fingerprint density at radius 3 is 2.93 bits per heavy atom. The van der Waals surface area contributed by atoms with E-state index in [2.05, 4.69) is 15.8 Å². The van der Waals surface area contributed by atoms with Crippen molar-refractivity contribution in [1.82, 2.24) is 14.3 Å². The summed E-state index contributed by atoms with van der Waals surface area (Å²) in [5.74, 6) is 2.38. The molecular weight excluding hydrogens is 186 g/mol. The molecule has 0 saturated heterocycles. The number of aromatic nitrogens is 2. The van der Waals surface area contributed by atoms with Crippen LogP contribution in [0.2, 0.25) is 0 Å². The summed E-state index contributed by atoms with van der Waals surface area (Å²) in [5, 5.41) is 0.